The first-order chi connectivity index (χ1) is 2.00. The average Bonchev–Trinajstić information content (AvgIpc) is 0.722. The third kappa shape index (κ3) is 87.9. The van der Waals surface area contributed by atoms with Crippen LogP contribution in [0.5, 0.6) is 0 Å². The Hall–Kier alpha value is 2.20. The van der Waals surface area contributed by atoms with E-state index in [0.717, 1.165) is 0 Å². The van der Waals surface area contributed by atoms with Gasteiger partial charge in [-0.3, -0.25) is 0 Å². The van der Waals surface area contributed by atoms with Crippen LogP contribution in [0.2, 0.25) is 0 Å². The van der Waals surface area contributed by atoms with Gasteiger partial charge in [-0.2, -0.15) is 0 Å². The van der Waals surface area contributed by atoms with Crippen LogP contribution in [0.4, 0.5) is 0 Å². The summed E-state index contributed by atoms with van der Waals surface area (Å²) in [5.74, 6) is 0. The van der Waals surface area contributed by atoms with Crippen LogP contribution in [-0.4, -0.2) is 98.7 Å². The van der Waals surface area contributed by atoms with Crippen molar-refractivity contribution in [1.29, 1.82) is 0 Å². The van der Waals surface area contributed by atoms with E-state index < -0.39 is 9.05 Å². The molecule has 0 aromatic carbocycles. The molecular formula is H8CaO5PbSi. The summed E-state index contributed by atoms with van der Waals surface area (Å²) >= 11 is 0. The second-order valence-electron chi connectivity index (χ2n) is 0.600. The molecule has 8 heteroatoms. The van der Waals surface area contributed by atoms with Gasteiger partial charge in [0.1, 0.15) is 0 Å². The summed E-state index contributed by atoms with van der Waals surface area (Å²) < 4.78 is 0. The van der Waals surface area contributed by atoms with Crippen LogP contribution in [0.25, 0.3) is 0 Å². The van der Waals surface area contributed by atoms with E-state index in [2.05, 4.69) is 0 Å². The third-order valence-corrected chi connectivity index (χ3v) is 0. The van der Waals surface area contributed by atoms with E-state index in [-0.39, 0.29) is 70.5 Å². The molecule has 0 rings (SSSR count). The molecule has 0 spiro atoms. The molecule has 8 heavy (non-hydrogen) atoms. The summed E-state index contributed by atoms with van der Waals surface area (Å²) in [4.78, 5) is 29.3. The fourth-order valence-electron chi connectivity index (χ4n) is 0. The van der Waals surface area contributed by atoms with Crippen LogP contribution >= 0.6 is 0 Å². The van der Waals surface area contributed by atoms with Gasteiger partial charge >= 0.3 is 46.8 Å². The topological polar surface area (TPSA) is 112 Å². The molecule has 0 heterocycles. The standard InChI is InChI=1S/Ca.H4O4Si.H2O.Pb.2H/c;1-5(2,3)4;;;;/h;1-4H;1H2;;;. The van der Waals surface area contributed by atoms with E-state index in [0.29, 0.717) is 0 Å². The molecule has 0 aliphatic rings. The Morgan fingerprint density at radius 3 is 0.875 bits per heavy atom. The molecule has 4 radical (unpaired) electrons. The molecule has 6 N–H and O–H groups in total. The molecule has 48 valence electrons. The first-order valence-electron chi connectivity index (χ1n) is 0.894. The molecule has 0 aromatic heterocycles. The zero-order valence-electron chi connectivity index (χ0n) is 3.29. The summed E-state index contributed by atoms with van der Waals surface area (Å²) in [6.07, 6.45) is 0. The van der Waals surface area contributed by atoms with E-state index >= 15 is 0 Å². The second-order valence-corrected chi connectivity index (χ2v) is 1.80. The van der Waals surface area contributed by atoms with Crippen molar-refractivity contribution in [2.45, 2.75) is 0 Å². The molecule has 0 aliphatic carbocycles. The van der Waals surface area contributed by atoms with Crippen molar-refractivity contribution in [2.75, 3.05) is 0 Å². The molecule has 0 unspecified atom stereocenters. The van der Waals surface area contributed by atoms with Crippen molar-refractivity contribution < 1.29 is 24.7 Å². The number of hydrogen-bond acceptors (Lipinski definition) is 4. The molecule has 0 bridgehead atoms. The molecule has 0 aliphatic heterocycles. The molecule has 5 nitrogen and oxygen atoms in total. The fraction of sp³-hybridized carbons (Fsp3) is 0. The maximum Gasteiger partial charge on any atom is 0 e. The minimum Gasteiger partial charge on any atom is 0 e. The predicted molar refractivity (Wildman–Crippen MR) is 32.5 cm³/mol. The second kappa shape index (κ2) is 9.20. The van der Waals surface area contributed by atoms with Gasteiger partial charge in [-0.1, -0.05) is 0 Å². The van der Waals surface area contributed by atoms with Crippen molar-refractivity contribution in [2.24, 2.45) is 0 Å². The van der Waals surface area contributed by atoms with E-state index in [1.54, 1.807) is 0 Å². The Kier molecular flexibility index (Phi) is 25.8. The number of hydrogen-bond donors (Lipinski definition) is 4. The van der Waals surface area contributed by atoms with Crippen molar-refractivity contribution in [3.05, 3.63) is 0 Å². The van der Waals surface area contributed by atoms with Gasteiger partial charge in [-0.15, -0.1) is 0 Å². The van der Waals surface area contributed by atoms with Crippen LogP contribution in [0.15, 0.2) is 0 Å². The maximum absolute atomic E-state index is 7.33. The van der Waals surface area contributed by atoms with Gasteiger partial charge in [0.25, 0.3) is 0 Å². The van der Waals surface area contributed by atoms with E-state index in [9.17, 15) is 0 Å². The first-order valence-corrected chi connectivity index (χ1v) is 2.68. The van der Waals surface area contributed by atoms with Gasteiger partial charge in [0.05, 0.1) is 0 Å². The summed E-state index contributed by atoms with van der Waals surface area (Å²) in [6, 6.07) is 0. The molecule has 0 fully saturated rings. The summed E-state index contributed by atoms with van der Waals surface area (Å²) in [7, 11) is -4.61. The summed E-state index contributed by atoms with van der Waals surface area (Å²) in [5, 5.41) is 0. The van der Waals surface area contributed by atoms with Crippen LogP contribution < -0.4 is 0 Å². The fourth-order valence-corrected chi connectivity index (χ4v) is 0. The van der Waals surface area contributed by atoms with Crippen LogP contribution in [0.1, 0.15) is 0 Å². The summed E-state index contributed by atoms with van der Waals surface area (Å²) in [5.41, 5.74) is 0. The Balaban J connectivity index is -0.0000000267. The summed E-state index contributed by atoms with van der Waals surface area (Å²) in [6.45, 7) is 0. The molecule has 0 amide bonds. The van der Waals surface area contributed by atoms with E-state index in [1.807, 2.05) is 0 Å². The molecular weight excluding hydrogens is 355 g/mol. The van der Waals surface area contributed by atoms with Gasteiger partial charge in [0.15, 0.2) is 0 Å². The smallest absolute Gasteiger partial charge is 0 e. The number of rotatable bonds is 0. The van der Waals surface area contributed by atoms with Crippen molar-refractivity contribution in [3.8, 4) is 0 Å². The normalized spacial score (nSPS) is 7.50. The maximum atomic E-state index is 7.33. The van der Waals surface area contributed by atoms with Gasteiger partial charge in [-0.05, 0) is 0 Å². The molecule has 0 aromatic rings. The minimum atomic E-state index is -4.61. The van der Waals surface area contributed by atoms with Crippen LogP contribution in [0, 0.1) is 0 Å². The minimum absolute atomic E-state index is 0. The Labute approximate surface area is 97.3 Å². The largest absolute Gasteiger partial charge is 0 e. The predicted octanol–water partition coefficient (Wildman–Crippen LogP) is -4.73. The van der Waals surface area contributed by atoms with Crippen LogP contribution in [-0.2, 0) is 0 Å². The van der Waals surface area contributed by atoms with Crippen molar-refractivity contribution in [1.82, 2.24) is 0 Å². The zero-order chi connectivity index (χ0) is 4.50. The Morgan fingerprint density at radius 2 is 0.875 bits per heavy atom. The van der Waals surface area contributed by atoms with Crippen molar-refractivity contribution in [3.63, 3.8) is 0 Å². The molecule has 0 saturated carbocycles. The quantitative estimate of drug-likeness (QED) is 0.324. The van der Waals surface area contributed by atoms with E-state index in [1.165, 1.54) is 0 Å². The van der Waals surface area contributed by atoms with Crippen molar-refractivity contribution >= 4 is 74.1 Å². The molecule has 0 atom stereocenters. The average molecular weight is 363 g/mol. The third-order valence-electron chi connectivity index (χ3n) is 0. The van der Waals surface area contributed by atoms with Gasteiger partial charge in [0, 0.05) is 27.3 Å². The van der Waals surface area contributed by atoms with Crippen LogP contribution in [0.3, 0.4) is 0 Å². The molecule has 0 saturated heterocycles. The van der Waals surface area contributed by atoms with Gasteiger partial charge in [0.2, 0.25) is 0 Å². The Bertz CT molecular complexity index is 27.9. The van der Waals surface area contributed by atoms with E-state index in [4.69, 9.17) is 19.2 Å². The SMILES string of the molecule is O.O[Si](O)(O)O.[CaH2].[Pb]. The van der Waals surface area contributed by atoms with Gasteiger partial charge < -0.3 is 24.7 Å². The zero-order valence-corrected chi connectivity index (χ0v) is 8.18. The first kappa shape index (κ1) is 22.5. The monoisotopic (exact) mass is 364 g/mol. The Morgan fingerprint density at radius 1 is 0.875 bits per heavy atom. The van der Waals surface area contributed by atoms with Gasteiger partial charge in [-0.25, -0.2) is 0 Å².